The van der Waals surface area contributed by atoms with E-state index in [9.17, 15) is 4.79 Å². The van der Waals surface area contributed by atoms with Crippen LogP contribution in [0.2, 0.25) is 0 Å². The number of fused-ring (bicyclic) bond motifs is 1. The third-order valence-electron chi connectivity index (χ3n) is 2.22. The molecule has 0 saturated heterocycles. The largest absolute Gasteiger partial charge is 0.325 e. The van der Waals surface area contributed by atoms with Crippen LogP contribution in [-0.4, -0.2) is 10.9 Å². The maximum absolute atomic E-state index is 11.0. The van der Waals surface area contributed by atoms with Crippen molar-refractivity contribution in [1.82, 2.24) is 4.98 Å². The van der Waals surface area contributed by atoms with Gasteiger partial charge in [0.2, 0.25) is 5.91 Å². The Hall–Kier alpha value is -1.38. The molecule has 0 spiro atoms. The smallest absolute Gasteiger partial charge is 0.228 e. The van der Waals surface area contributed by atoms with Gasteiger partial charge in [-0.05, 0) is 12.0 Å². The molecule has 3 heteroatoms. The summed E-state index contributed by atoms with van der Waals surface area (Å²) < 4.78 is 0. The van der Waals surface area contributed by atoms with Gasteiger partial charge in [-0.1, -0.05) is 13.8 Å². The van der Waals surface area contributed by atoms with Gasteiger partial charge in [0, 0.05) is 23.1 Å². The molecule has 0 saturated carbocycles. The number of hydrogen-bond donors (Lipinski definition) is 1. The summed E-state index contributed by atoms with van der Waals surface area (Å²) in [5.41, 5.74) is 2.97. The van der Waals surface area contributed by atoms with Crippen molar-refractivity contribution in [3.63, 3.8) is 0 Å². The van der Waals surface area contributed by atoms with Crippen molar-refractivity contribution in [3.8, 4) is 0 Å². The predicted octanol–water partition coefficient (Wildman–Crippen LogP) is 1.70. The van der Waals surface area contributed by atoms with E-state index in [1.165, 1.54) is 0 Å². The molecule has 3 nitrogen and oxygen atoms in total. The quantitative estimate of drug-likeness (QED) is 0.707. The standard InChI is InChI=1S/C10H12N2O/c1-6(2)8-4-9-7(5-11-8)3-10(13)12-9/h4-6H,3H2,1-2H3,(H,12,13). The highest BCUT2D eigenvalue weighted by Gasteiger charge is 2.18. The van der Waals surface area contributed by atoms with Crippen LogP contribution in [-0.2, 0) is 11.2 Å². The van der Waals surface area contributed by atoms with E-state index in [2.05, 4.69) is 24.1 Å². The van der Waals surface area contributed by atoms with Crippen LogP contribution in [0.4, 0.5) is 5.69 Å². The molecule has 1 amide bonds. The average molecular weight is 176 g/mol. The molecular formula is C10H12N2O. The highest BCUT2D eigenvalue weighted by Crippen LogP contribution is 2.24. The Kier molecular flexibility index (Phi) is 1.79. The van der Waals surface area contributed by atoms with Crippen molar-refractivity contribution >= 4 is 11.6 Å². The summed E-state index contributed by atoms with van der Waals surface area (Å²) in [6.45, 7) is 4.18. The second kappa shape index (κ2) is 2.83. The number of anilines is 1. The van der Waals surface area contributed by atoms with Crippen LogP contribution in [0.5, 0.6) is 0 Å². The molecule has 0 aromatic carbocycles. The lowest BCUT2D eigenvalue weighted by Crippen LogP contribution is -2.03. The summed E-state index contributed by atoms with van der Waals surface area (Å²) in [6.07, 6.45) is 2.27. The third kappa shape index (κ3) is 1.41. The van der Waals surface area contributed by atoms with Crippen LogP contribution in [0.1, 0.15) is 31.0 Å². The first-order valence-electron chi connectivity index (χ1n) is 4.45. The van der Waals surface area contributed by atoms with E-state index in [0.717, 1.165) is 16.9 Å². The molecule has 68 valence electrons. The zero-order valence-electron chi connectivity index (χ0n) is 7.79. The lowest BCUT2D eigenvalue weighted by molar-refractivity contribution is -0.115. The lowest BCUT2D eigenvalue weighted by Gasteiger charge is -2.05. The van der Waals surface area contributed by atoms with E-state index in [1.54, 1.807) is 6.20 Å². The SMILES string of the molecule is CC(C)c1cc2c(cn1)CC(=O)N2. The highest BCUT2D eigenvalue weighted by atomic mass is 16.1. The Morgan fingerprint density at radius 3 is 3.00 bits per heavy atom. The van der Waals surface area contributed by atoms with Gasteiger partial charge in [0.05, 0.1) is 6.42 Å². The molecule has 0 aliphatic carbocycles. The number of carbonyl (C=O) groups is 1. The van der Waals surface area contributed by atoms with Crippen LogP contribution in [0.3, 0.4) is 0 Å². The fourth-order valence-electron chi connectivity index (χ4n) is 1.44. The third-order valence-corrected chi connectivity index (χ3v) is 2.22. The number of pyridine rings is 1. The number of amides is 1. The van der Waals surface area contributed by atoms with Gasteiger partial charge < -0.3 is 5.32 Å². The first-order chi connectivity index (χ1) is 6.16. The van der Waals surface area contributed by atoms with Gasteiger partial charge in [-0.15, -0.1) is 0 Å². The fraction of sp³-hybridized carbons (Fsp3) is 0.400. The zero-order valence-corrected chi connectivity index (χ0v) is 7.79. The van der Waals surface area contributed by atoms with Gasteiger partial charge in [-0.2, -0.15) is 0 Å². The van der Waals surface area contributed by atoms with Crippen molar-refractivity contribution in [2.24, 2.45) is 0 Å². The molecule has 0 unspecified atom stereocenters. The maximum Gasteiger partial charge on any atom is 0.228 e. The number of nitrogens with one attached hydrogen (secondary N) is 1. The number of nitrogens with zero attached hydrogens (tertiary/aromatic N) is 1. The minimum atomic E-state index is 0.0673. The molecule has 13 heavy (non-hydrogen) atoms. The molecule has 1 aliphatic rings. The molecule has 0 bridgehead atoms. The first-order valence-corrected chi connectivity index (χ1v) is 4.45. The number of aromatic nitrogens is 1. The molecule has 0 fully saturated rings. The molecule has 1 aromatic rings. The zero-order chi connectivity index (χ0) is 9.42. The summed E-state index contributed by atoms with van der Waals surface area (Å²) >= 11 is 0. The van der Waals surface area contributed by atoms with Crippen LogP contribution in [0.15, 0.2) is 12.3 Å². The molecule has 1 N–H and O–H groups in total. The van der Waals surface area contributed by atoms with Gasteiger partial charge in [-0.25, -0.2) is 0 Å². The van der Waals surface area contributed by atoms with E-state index < -0.39 is 0 Å². The monoisotopic (exact) mass is 176 g/mol. The minimum absolute atomic E-state index is 0.0673. The average Bonchev–Trinajstić information content (AvgIpc) is 2.42. The van der Waals surface area contributed by atoms with Crippen molar-refractivity contribution in [3.05, 3.63) is 23.5 Å². The van der Waals surface area contributed by atoms with Gasteiger partial charge in [0.1, 0.15) is 0 Å². The van der Waals surface area contributed by atoms with E-state index in [1.807, 2.05) is 6.07 Å². The molecule has 0 radical (unpaired) electrons. The molecule has 1 aliphatic heterocycles. The number of hydrogen-bond acceptors (Lipinski definition) is 2. The second-order valence-electron chi connectivity index (χ2n) is 3.65. The van der Waals surface area contributed by atoms with Crippen molar-refractivity contribution in [2.45, 2.75) is 26.2 Å². The van der Waals surface area contributed by atoms with Crippen LogP contribution < -0.4 is 5.32 Å². The predicted molar refractivity (Wildman–Crippen MR) is 50.7 cm³/mol. The minimum Gasteiger partial charge on any atom is -0.325 e. The number of carbonyl (C=O) groups excluding carboxylic acids is 1. The maximum atomic E-state index is 11.0. The van der Waals surface area contributed by atoms with Gasteiger partial charge in [-0.3, -0.25) is 9.78 Å². The van der Waals surface area contributed by atoms with E-state index in [-0.39, 0.29) is 5.91 Å². The van der Waals surface area contributed by atoms with Crippen LogP contribution in [0.25, 0.3) is 0 Å². The van der Waals surface area contributed by atoms with Crippen molar-refractivity contribution in [1.29, 1.82) is 0 Å². The summed E-state index contributed by atoms with van der Waals surface area (Å²) in [6, 6.07) is 1.96. The Morgan fingerprint density at radius 1 is 1.54 bits per heavy atom. The molecule has 2 rings (SSSR count). The fourth-order valence-corrected chi connectivity index (χ4v) is 1.44. The molecular weight excluding hydrogens is 164 g/mol. The van der Waals surface area contributed by atoms with Gasteiger partial charge in [0.15, 0.2) is 0 Å². The summed E-state index contributed by atoms with van der Waals surface area (Å²) in [4.78, 5) is 15.3. The summed E-state index contributed by atoms with van der Waals surface area (Å²) in [5.74, 6) is 0.473. The normalized spacial score (nSPS) is 14.5. The van der Waals surface area contributed by atoms with E-state index >= 15 is 0 Å². The van der Waals surface area contributed by atoms with Crippen LogP contribution in [0, 0.1) is 0 Å². The molecule has 1 aromatic heterocycles. The van der Waals surface area contributed by atoms with Gasteiger partial charge in [0.25, 0.3) is 0 Å². The summed E-state index contributed by atoms with van der Waals surface area (Å²) in [7, 11) is 0. The van der Waals surface area contributed by atoms with Crippen molar-refractivity contribution < 1.29 is 4.79 Å². The molecule has 0 atom stereocenters. The molecule has 2 heterocycles. The Morgan fingerprint density at radius 2 is 2.31 bits per heavy atom. The van der Waals surface area contributed by atoms with Crippen LogP contribution >= 0.6 is 0 Å². The highest BCUT2D eigenvalue weighted by molar-refractivity contribution is 5.98. The Labute approximate surface area is 77.2 Å². The summed E-state index contributed by atoms with van der Waals surface area (Å²) in [5, 5.41) is 2.81. The number of rotatable bonds is 1. The van der Waals surface area contributed by atoms with E-state index in [0.29, 0.717) is 12.3 Å². The first kappa shape index (κ1) is 8.23. The lowest BCUT2D eigenvalue weighted by atomic mass is 10.1. The second-order valence-corrected chi connectivity index (χ2v) is 3.65. The Bertz CT molecular complexity index is 358. The van der Waals surface area contributed by atoms with Crippen molar-refractivity contribution in [2.75, 3.05) is 5.32 Å². The van der Waals surface area contributed by atoms with Gasteiger partial charge >= 0.3 is 0 Å². The topological polar surface area (TPSA) is 42.0 Å². The Balaban J connectivity index is 2.40. The van der Waals surface area contributed by atoms with E-state index in [4.69, 9.17) is 0 Å².